The van der Waals surface area contributed by atoms with Gasteiger partial charge in [0.25, 0.3) is 0 Å². The van der Waals surface area contributed by atoms with E-state index in [1.54, 1.807) is 0 Å². The first-order valence-electron chi connectivity index (χ1n) is 3.05. The van der Waals surface area contributed by atoms with Gasteiger partial charge in [-0.25, -0.2) is 0 Å². The predicted octanol–water partition coefficient (Wildman–Crippen LogP) is -2.41. The zero-order chi connectivity index (χ0) is 10.1. The van der Waals surface area contributed by atoms with E-state index in [0.717, 1.165) is 24.3 Å². The summed E-state index contributed by atoms with van der Waals surface area (Å²) >= 11 is -2.43. The summed E-state index contributed by atoms with van der Waals surface area (Å²) in [6.07, 6.45) is 0. The molecule has 0 saturated carbocycles. The molecule has 1 aromatic carbocycles. The van der Waals surface area contributed by atoms with E-state index in [9.17, 15) is 21.1 Å². The Bertz CT molecular complexity index is 428. The molecule has 0 aromatic heterocycles. The van der Waals surface area contributed by atoms with Gasteiger partial charge in [0.05, 0.1) is 4.90 Å². The van der Waals surface area contributed by atoms with E-state index in [-0.39, 0.29) is 34.5 Å². The van der Waals surface area contributed by atoms with Crippen molar-refractivity contribution < 1.29 is 50.6 Å². The Balaban J connectivity index is 0.00000169. The van der Waals surface area contributed by atoms with E-state index in [1.807, 2.05) is 0 Å². The minimum atomic E-state index is -4.75. The Labute approximate surface area is 105 Å². The third-order valence-corrected chi connectivity index (χ3v) is 2.79. The molecule has 0 N–H and O–H groups in total. The average Bonchev–Trinajstić information content (AvgIpc) is 2.03. The normalized spacial score (nSPS) is 13.0. The molecule has 1 rings (SSSR count). The van der Waals surface area contributed by atoms with E-state index in [2.05, 4.69) is 0 Å². The molecule has 0 spiro atoms. The molecule has 14 heavy (non-hydrogen) atoms. The molecule has 0 amide bonds. The zero-order valence-electron chi connectivity index (χ0n) is 7.14. The van der Waals surface area contributed by atoms with Crippen molar-refractivity contribution in [3.05, 3.63) is 24.3 Å². The third kappa shape index (κ3) is 3.76. The molecule has 0 saturated heterocycles. The van der Waals surface area contributed by atoms with Crippen LogP contribution in [0.25, 0.3) is 0 Å². The summed E-state index contributed by atoms with van der Waals surface area (Å²) in [5.74, 6) is 0. The Morgan fingerprint density at radius 2 is 1.64 bits per heavy atom. The molecular formula is C6H4FNaO4S2. The second-order valence-corrected chi connectivity index (χ2v) is 4.43. The molecule has 1 atom stereocenters. The van der Waals surface area contributed by atoms with Crippen LogP contribution in [0, 0.1) is 0 Å². The van der Waals surface area contributed by atoms with Crippen molar-refractivity contribution in [2.45, 2.75) is 9.79 Å². The molecule has 1 unspecified atom stereocenters. The van der Waals surface area contributed by atoms with Gasteiger partial charge in [-0.15, -0.1) is 3.89 Å². The van der Waals surface area contributed by atoms with Crippen LogP contribution in [-0.2, 0) is 21.3 Å². The van der Waals surface area contributed by atoms with Gasteiger partial charge in [-0.1, -0.05) is 0 Å². The Hall–Kier alpha value is 0.210. The van der Waals surface area contributed by atoms with Crippen LogP contribution in [0.2, 0.25) is 0 Å². The van der Waals surface area contributed by atoms with E-state index >= 15 is 0 Å². The minimum absolute atomic E-state index is 0. The first-order valence-corrected chi connectivity index (χ1v) is 5.51. The van der Waals surface area contributed by atoms with Crippen LogP contribution >= 0.6 is 0 Å². The quantitative estimate of drug-likeness (QED) is 0.331. The third-order valence-electron chi connectivity index (χ3n) is 1.30. The van der Waals surface area contributed by atoms with Gasteiger partial charge in [0.2, 0.25) is 0 Å². The monoisotopic (exact) mass is 246 g/mol. The predicted molar refractivity (Wildman–Crippen MR) is 41.9 cm³/mol. The number of halogens is 1. The molecule has 0 aliphatic rings. The van der Waals surface area contributed by atoms with Gasteiger partial charge in [0.1, 0.15) is 0 Å². The van der Waals surface area contributed by atoms with Gasteiger partial charge in [0, 0.05) is 4.90 Å². The summed E-state index contributed by atoms with van der Waals surface area (Å²) in [7, 11) is -4.75. The van der Waals surface area contributed by atoms with Crippen LogP contribution in [-0.4, -0.2) is 17.2 Å². The molecule has 4 nitrogen and oxygen atoms in total. The van der Waals surface area contributed by atoms with Crippen LogP contribution < -0.4 is 29.6 Å². The molecule has 1 aromatic rings. The number of hydrogen-bond acceptors (Lipinski definition) is 4. The van der Waals surface area contributed by atoms with Gasteiger partial charge < -0.3 is 4.55 Å². The van der Waals surface area contributed by atoms with Gasteiger partial charge in [0.15, 0.2) is 0 Å². The van der Waals surface area contributed by atoms with Crippen LogP contribution in [0.15, 0.2) is 34.1 Å². The first-order chi connectivity index (χ1) is 5.91. The molecule has 0 aliphatic carbocycles. The van der Waals surface area contributed by atoms with Crippen molar-refractivity contribution in [2.75, 3.05) is 0 Å². The fourth-order valence-electron chi connectivity index (χ4n) is 0.713. The van der Waals surface area contributed by atoms with Gasteiger partial charge in [-0.2, -0.15) is 8.42 Å². The van der Waals surface area contributed by atoms with E-state index in [1.165, 1.54) is 0 Å². The maximum atomic E-state index is 12.3. The molecule has 0 heterocycles. The molecule has 72 valence electrons. The number of rotatable bonds is 2. The topological polar surface area (TPSA) is 74.3 Å². The van der Waals surface area contributed by atoms with Crippen LogP contribution in [0.3, 0.4) is 0 Å². The largest absolute Gasteiger partial charge is 1.00 e. The molecular weight excluding hydrogens is 242 g/mol. The maximum Gasteiger partial charge on any atom is 1.00 e. The van der Waals surface area contributed by atoms with Crippen LogP contribution in [0.5, 0.6) is 0 Å². The summed E-state index contributed by atoms with van der Waals surface area (Å²) in [4.78, 5) is -0.644. The van der Waals surface area contributed by atoms with Crippen LogP contribution in [0.4, 0.5) is 3.89 Å². The van der Waals surface area contributed by atoms with Crippen molar-refractivity contribution in [3.8, 4) is 0 Å². The van der Waals surface area contributed by atoms with Crippen molar-refractivity contribution in [3.63, 3.8) is 0 Å². The zero-order valence-corrected chi connectivity index (χ0v) is 10.8. The summed E-state index contributed by atoms with van der Waals surface area (Å²) in [5.41, 5.74) is 0. The first kappa shape index (κ1) is 14.2. The summed E-state index contributed by atoms with van der Waals surface area (Å²) < 4.78 is 53.5. The Morgan fingerprint density at radius 3 is 1.93 bits per heavy atom. The summed E-state index contributed by atoms with van der Waals surface area (Å²) in [6, 6.07) is 3.80. The molecule has 0 radical (unpaired) electrons. The van der Waals surface area contributed by atoms with Gasteiger partial charge in [-0.05, 0) is 35.3 Å². The SMILES string of the molecule is O=S([O-])c1ccc(S(=O)(=O)F)cc1.[Na+]. The van der Waals surface area contributed by atoms with E-state index < -0.39 is 26.2 Å². The summed E-state index contributed by atoms with van der Waals surface area (Å²) in [6.45, 7) is 0. The number of hydrogen-bond donors (Lipinski definition) is 0. The summed E-state index contributed by atoms with van der Waals surface area (Å²) in [5, 5.41) is 0. The fourth-order valence-corrected chi connectivity index (χ4v) is 1.53. The van der Waals surface area contributed by atoms with Crippen LogP contribution in [0.1, 0.15) is 0 Å². The molecule has 0 bridgehead atoms. The number of benzene rings is 1. The molecule has 8 heteroatoms. The maximum absolute atomic E-state index is 12.3. The fraction of sp³-hybridized carbons (Fsp3) is 0. The second-order valence-electron chi connectivity index (χ2n) is 2.14. The van der Waals surface area contributed by atoms with Gasteiger partial charge in [-0.3, -0.25) is 4.21 Å². The Morgan fingerprint density at radius 1 is 1.21 bits per heavy atom. The van der Waals surface area contributed by atoms with Crippen molar-refractivity contribution in [1.82, 2.24) is 0 Å². The van der Waals surface area contributed by atoms with Crippen molar-refractivity contribution in [2.24, 2.45) is 0 Å². The van der Waals surface area contributed by atoms with Gasteiger partial charge >= 0.3 is 39.8 Å². The smallest absolute Gasteiger partial charge is 0.768 e. The Kier molecular flexibility index (Phi) is 5.42. The minimum Gasteiger partial charge on any atom is -0.768 e. The van der Waals surface area contributed by atoms with Crippen molar-refractivity contribution >= 4 is 21.3 Å². The molecule has 0 fully saturated rings. The standard InChI is InChI=1S/C6H5FO4S2.Na/c7-13(10,11)6-3-1-5(2-4-6)12(8)9;/h1-4H,(H,8,9);/q;+1/p-1. The van der Waals surface area contributed by atoms with E-state index in [0.29, 0.717) is 0 Å². The second kappa shape index (κ2) is 5.34. The van der Waals surface area contributed by atoms with E-state index in [4.69, 9.17) is 0 Å². The average molecular weight is 246 g/mol. The molecule has 0 aliphatic heterocycles. The van der Waals surface area contributed by atoms with Crippen molar-refractivity contribution in [1.29, 1.82) is 0 Å².